The molecule has 0 radical (unpaired) electrons. The molecule has 0 bridgehead atoms. The number of nitrogens with zero attached hydrogens (tertiary/aromatic N) is 1. The Labute approximate surface area is 109 Å². The number of amides is 2. The molecule has 6 heteroatoms. The highest BCUT2D eigenvalue weighted by atomic mass is 16.2. The summed E-state index contributed by atoms with van der Waals surface area (Å²) >= 11 is 0. The van der Waals surface area contributed by atoms with E-state index in [0.29, 0.717) is 25.3 Å². The summed E-state index contributed by atoms with van der Waals surface area (Å²) in [6, 6.07) is 7.58. The van der Waals surface area contributed by atoms with E-state index in [-0.39, 0.29) is 17.7 Å². The minimum atomic E-state index is -0.189. The monoisotopic (exact) mass is 258 g/mol. The van der Waals surface area contributed by atoms with Gasteiger partial charge in [0.25, 0.3) is 0 Å². The fourth-order valence-corrected chi connectivity index (χ4v) is 2.19. The van der Waals surface area contributed by atoms with E-state index in [1.165, 1.54) is 0 Å². The Balaban J connectivity index is 1.70. The first-order valence-electron chi connectivity index (χ1n) is 6.25. The van der Waals surface area contributed by atoms with Crippen molar-refractivity contribution in [3.8, 4) is 0 Å². The van der Waals surface area contributed by atoms with Gasteiger partial charge in [0.15, 0.2) is 0 Å². The Hall–Kier alpha value is -2.37. The van der Waals surface area contributed by atoms with Crippen LogP contribution in [0.15, 0.2) is 24.3 Å². The molecule has 19 heavy (non-hydrogen) atoms. The van der Waals surface area contributed by atoms with Crippen LogP contribution in [0, 0.1) is 5.92 Å². The van der Waals surface area contributed by atoms with E-state index < -0.39 is 0 Å². The lowest BCUT2D eigenvalue weighted by atomic mass is 9.98. The SMILES string of the molecule is O=C1CCC(C(=O)Nc2nc3ccccc3[nH]2)CN1. The number of anilines is 1. The summed E-state index contributed by atoms with van der Waals surface area (Å²) < 4.78 is 0. The fourth-order valence-electron chi connectivity index (χ4n) is 2.19. The maximum atomic E-state index is 12.0. The van der Waals surface area contributed by atoms with Crippen LogP contribution in [0.1, 0.15) is 12.8 Å². The van der Waals surface area contributed by atoms with Crippen molar-refractivity contribution >= 4 is 28.8 Å². The molecule has 1 unspecified atom stereocenters. The zero-order chi connectivity index (χ0) is 13.2. The summed E-state index contributed by atoms with van der Waals surface area (Å²) in [5.41, 5.74) is 1.70. The van der Waals surface area contributed by atoms with Crippen LogP contribution in [0.3, 0.4) is 0 Å². The molecule has 2 heterocycles. The molecule has 0 aliphatic carbocycles. The first kappa shape index (κ1) is 11.7. The number of imidazole rings is 1. The molecule has 3 N–H and O–H groups in total. The number of para-hydroxylation sites is 2. The Bertz CT molecular complexity index is 591. The summed E-state index contributed by atoms with van der Waals surface area (Å²) in [7, 11) is 0. The number of nitrogens with one attached hydrogen (secondary N) is 3. The smallest absolute Gasteiger partial charge is 0.231 e. The number of aromatic amines is 1. The number of rotatable bonds is 2. The van der Waals surface area contributed by atoms with Gasteiger partial charge in [0.05, 0.1) is 17.0 Å². The van der Waals surface area contributed by atoms with Gasteiger partial charge < -0.3 is 10.3 Å². The molecular formula is C13H14N4O2. The average Bonchev–Trinajstić information content (AvgIpc) is 2.81. The van der Waals surface area contributed by atoms with E-state index in [9.17, 15) is 9.59 Å². The highest BCUT2D eigenvalue weighted by Crippen LogP contribution is 2.16. The molecule has 2 amide bonds. The van der Waals surface area contributed by atoms with Crippen molar-refractivity contribution in [1.82, 2.24) is 15.3 Å². The third kappa shape index (κ3) is 2.42. The van der Waals surface area contributed by atoms with Gasteiger partial charge in [0, 0.05) is 13.0 Å². The molecule has 3 rings (SSSR count). The topological polar surface area (TPSA) is 86.9 Å². The predicted octanol–water partition coefficient (Wildman–Crippen LogP) is 1.03. The second-order valence-corrected chi connectivity index (χ2v) is 4.63. The van der Waals surface area contributed by atoms with Gasteiger partial charge in [0.2, 0.25) is 17.8 Å². The highest BCUT2D eigenvalue weighted by Gasteiger charge is 2.24. The zero-order valence-electron chi connectivity index (χ0n) is 10.3. The number of benzene rings is 1. The van der Waals surface area contributed by atoms with Gasteiger partial charge >= 0.3 is 0 Å². The molecule has 0 saturated carbocycles. The third-order valence-electron chi connectivity index (χ3n) is 3.27. The van der Waals surface area contributed by atoms with E-state index in [4.69, 9.17) is 0 Å². The molecule has 1 aromatic heterocycles. The summed E-state index contributed by atoms with van der Waals surface area (Å²) in [4.78, 5) is 30.4. The van der Waals surface area contributed by atoms with E-state index in [2.05, 4.69) is 20.6 Å². The second kappa shape index (κ2) is 4.72. The van der Waals surface area contributed by atoms with Crippen molar-refractivity contribution in [2.75, 3.05) is 11.9 Å². The summed E-state index contributed by atoms with van der Waals surface area (Å²) in [5, 5.41) is 5.45. The van der Waals surface area contributed by atoms with Crippen molar-refractivity contribution in [3.63, 3.8) is 0 Å². The maximum Gasteiger partial charge on any atom is 0.231 e. The van der Waals surface area contributed by atoms with Crippen LogP contribution in [-0.4, -0.2) is 28.3 Å². The molecule has 1 saturated heterocycles. The molecule has 1 aliphatic heterocycles. The average molecular weight is 258 g/mol. The Morgan fingerprint density at radius 3 is 2.95 bits per heavy atom. The number of H-pyrrole nitrogens is 1. The normalized spacial score (nSPS) is 19.2. The first-order valence-corrected chi connectivity index (χ1v) is 6.25. The van der Waals surface area contributed by atoms with Gasteiger partial charge in [-0.2, -0.15) is 0 Å². The molecule has 2 aromatic rings. The molecule has 1 atom stereocenters. The molecule has 6 nitrogen and oxygen atoms in total. The van der Waals surface area contributed by atoms with Crippen LogP contribution < -0.4 is 10.6 Å². The van der Waals surface area contributed by atoms with E-state index >= 15 is 0 Å². The van der Waals surface area contributed by atoms with Crippen LogP contribution >= 0.6 is 0 Å². The Morgan fingerprint density at radius 1 is 1.37 bits per heavy atom. The number of fused-ring (bicyclic) bond motifs is 1. The quantitative estimate of drug-likeness (QED) is 0.751. The van der Waals surface area contributed by atoms with Crippen molar-refractivity contribution in [2.24, 2.45) is 5.92 Å². The molecule has 1 aromatic carbocycles. The summed E-state index contributed by atoms with van der Waals surface area (Å²) in [6.07, 6.45) is 0.982. The predicted molar refractivity (Wildman–Crippen MR) is 70.5 cm³/mol. The van der Waals surface area contributed by atoms with Gasteiger partial charge in [-0.25, -0.2) is 4.98 Å². The van der Waals surface area contributed by atoms with Crippen LogP contribution in [0.25, 0.3) is 11.0 Å². The standard InChI is InChI=1S/C13H14N4O2/c18-11-6-5-8(7-14-11)12(19)17-13-15-9-3-1-2-4-10(9)16-13/h1-4,8H,5-7H2,(H,14,18)(H2,15,16,17,19). The lowest BCUT2D eigenvalue weighted by molar-refractivity contribution is -0.126. The number of piperidine rings is 1. The zero-order valence-corrected chi connectivity index (χ0v) is 10.3. The Kier molecular flexibility index (Phi) is 2.91. The largest absolute Gasteiger partial charge is 0.355 e. The second-order valence-electron chi connectivity index (χ2n) is 4.63. The van der Waals surface area contributed by atoms with Crippen molar-refractivity contribution in [2.45, 2.75) is 12.8 Å². The third-order valence-corrected chi connectivity index (χ3v) is 3.27. The summed E-state index contributed by atoms with van der Waals surface area (Å²) in [6.45, 7) is 0.394. The lowest BCUT2D eigenvalue weighted by Crippen LogP contribution is -2.40. The highest BCUT2D eigenvalue weighted by molar-refractivity contribution is 5.94. The summed E-state index contributed by atoms with van der Waals surface area (Å²) in [5.74, 6) is 0.154. The minimum Gasteiger partial charge on any atom is -0.355 e. The van der Waals surface area contributed by atoms with Crippen molar-refractivity contribution in [3.05, 3.63) is 24.3 Å². The molecular weight excluding hydrogens is 244 g/mol. The molecule has 1 aliphatic rings. The van der Waals surface area contributed by atoms with Gasteiger partial charge in [-0.1, -0.05) is 12.1 Å². The molecule has 0 spiro atoms. The van der Waals surface area contributed by atoms with E-state index in [1.54, 1.807) is 0 Å². The van der Waals surface area contributed by atoms with Crippen LogP contribution in [-0.2, 0) is 9.59 Å². The number of hydrogen-bond acceptors (Lipinski definition) is 3. The van der Waals surface area contributed by atoms with Crippen LogP contribution in [0.4, 0.5) is 5.95 Å². The van der Waals surface area contributed by atoms with Gasteiger partial charge in [-0.05, 0) is 18.6 Å². The Morgan fingerprint density at radius 2 is 2.21 bits per heavy atom. The molecule has 98 valence electrons. The number of carbonyl (C=O) groups is 2. The van der Waals surface area contributed by atoms with Crippen LogP contribution in [0.2, 0.25) is 0 Å². The fraction of sp³-hybridized carbons (Fsp3) is 0.308. The van der Waals surface area contributed by atoms with Crippen LogP contribution in [0.5, 0.6) is 0 Å². The van der Waals surface area contributed by atoms with Gasteiger partial charge in [-0.15, -0.1) is 0 Å². The van der Waals surface area contributed by atoms with E-state index in [1.807, 2.05) is 24.3 Å². The van der Waals surface area contributed by atoms with E-state index in [0.717, 1.165) is 11.0 Å². The maximum absolute atomic E-state index is 12.0. The lowest BCUT2D eigenvalue weighted by Gasteiger charge is -2.20. The minimum absolute atomic E-state index is 0.00721. The number of aromatic nitrogens is 2. The number of carbonyl (C=O) groups excluding carboxylic acids is 2. The van der Waals surface area contributed by atoms with Crippen molar-refractivity contribution in [1.29, 1.82) is 0 Å². The molecule has 1 fully saturated rings. The van der Waals surface area contributed by atoms with Gasteiger partial charge in [0.1, 0.15) is 0 Å². The number of hydrogen-bond donors (Lipinski definition) is 3. The van der Waals surface area contributed by atoms with Gasteiger partial charge in [-0.3, -0.25) is 14.9 Å². The first-order chi connectivity index (χ1) is 9.22. The van der Waals surface area contributed by atoms with Crippen molar-refractivity contribution < 1.29 is 9.59 Å².